The molecule has 1 aromatic carbocycles. The van der Waals surface area contributed by atoms with Gasteiger partial charge in [0.15, 0.2) is 0 Å². The van der Waals surface area contributed by atoms with E-state index in [0.29, 0.717) is 0 Å². The van der Waals surface area contributed by atoms with E-state index in [9.17, 15) is 0 Å². The number of nitriles is 1. The molecular formula is C13H15N. The summed E-state index contributed by atoms with van der Waals surface area (Å²) in [5.74, 6) is 0. The molecule has 0 heterocycles. The van der Waals surface area contributed by atoms with E-state index in [1.807, 2.05) is 38.1 Å². The number of rotatable bonds is 2. The largest absolute Gasteiger partial charge is 0.192 e. The molecule has 1 rings (SSSR count). The average molecular weight is 185 g/mol. The highest BCUT2D eigenvalue weighted by molar-refractivity contribution is 5.80. The third-order valence-electron chi connectivity index (χ3n) is 2.48. The molecule has 0 radical (unpaired) electrons. The second kappa shape index (κ2) is 4.62. The fourth-order valence-corrected chi connectivity index (χ4v) is 1.42. The Labute approximate surface area is 85.7 Å². The van der Waals surface area contributed by atoms with Crippen LogP contribution in [-0.4, -0.2) is 0 Å². The third-order valence-corrected chi connectivity index (χ3v) is 2.48. The molecule has 0 spiro atoms. The van der Waals surface area contributed by atoms with Gasteiger partial charge in [-0.3, -0.25) is 0 Å². The highest BCUT2D eigenvalue weighted by Crippen LogP contribution is 2.22. The Hall–Kier alpha value is -1.55. The van der Waals surface area contributed by atoms with Crippen molar-refractivity contribution in [3.05, 3.63) is 41.0 Å². The first-order valence-corrected chi connectivity index (χ1v) is 4.86. The molecule has 1 aromatic rings. The molecule has 14 heavy (non-hydrogen) atoms. The van der Waals surface area contributed by atoms with Crippen molar-refractivity contribution in [2.24, 2.45) is 0 Å². The van der Waals surface area contributed by atoms with E-state index >= 15 is 0 Å². The Kier molecular flexibility index (Phi) is 3.48. The molecule has 72 valence electrons. The van der Waals surface area contributed by atoms with Gasteiger partial charge in [0.1, 0.15) is 0 Å². The zero-order valence-electron chi connectivity index (χ0n) is 8.96. The van der Waals surface area contributed by atoms with Crippen LogP contribution in [0.15, 0.2) is 29.8 Å². The van der Waals surface area contributed by atoms with E-state index < -0.39 is 0 Å². The monoisotopic (exact) mass is 185 g/mol. The smallest absolute Gasteiger partial charge is 0.0997 e. The molecule has 0 fully saturated rings. The summed E-state index contributed by atoms with van der Waals surface area (Å²) in [6.45, 7) is 6.13. The predicted molar refractivity (Wildman–Crippen MR) is 59.7 cm³/mol. The molecule has 0 unspecified atom stereocenters. The summed E-state index contributed by atoms with van der Waals surface area (Å²) >= 11 is 0. The number of nitrogens with zero attached hydrogens (tertiary/aromatic N) is 1. The summed E-state index contributed by atoms with van der Waals surface area (Å²) < 4.78 is 0. The summed E-state index contributed by atoms with van der Waals surface area (Å²) in [5, 5.41) is 9.10. The lowest BCUT2D eigenvalue weighted by Gasteiger charge is -2.06. The van der Waals surface area contributed by atoms with E-state index in [2.05, 4.69) is 13.0 Å². The second-order valence-electron chi connectivity index (χ2n) is 3.44. The zero-order valence-corrected chi connectivity index (χ0v) is 8.96. The Balaban J connectivity index is 3.30. The van der Waals surface area contributed by atoms with Crippen LogP contribution in [-0.2, 0) is 0 Å². The van der Waals surface area contributed by atoms with Crippen molar-refractivity contribution in [3.8, 4) is 6.07 Å². The van der Waals surface area contributed by atoms with Crippen molar-refractivity contribution in [1.29, 1.82) is 5.26 Å². The van der Waals surface area contributed by atoms with Crippen LogP contribution in [0.4, 0.5) is 0 Å². The van der Waals surface area contributed by atoms with Crippen LogP contribution in [0, 0.1) is 18.3 Å². The molecule has 0 aliphatic heterocycles. The lowest BCUT2D eigenvalue weighted by Crippen LogP contribution is -1.89. The molecule has 0 bridgehead atoms. The Bertz CT molecular complexity index is 394. The molecule has 0 aliphatic carbocycles. The maximum absolute atomic E-state index is 9.10. The van der Waals surface area contributed by atoms with Gasteiger partial charge in [-0.05, 0) is 31.4 Å². The van der Waals surface area contributed by atoms with Crippen molar-refractivity contribution >= 4 is 5.57 Å². The molecule has 0 saturated heterocycles. The Morgan fingerprint density at radius 1 is 1.36 bits per heavy atom. The first-order valence-electron chi connectivity index (χ1n) is 4.86. The molecule has 0 atom stereocenters. The van der Waals surface area contributed by atoms with Gasteiger partial charge in [-0.2, -0.15) is 5.26 Å². The quantitative estimate of drug-likeness (QED) is 0.644. The van der Waals surface area contributed by atoms with E-state index in [1.54, 1.807) is 0 Å². The molecule has 0 aromatic heterocycles. The lowest BCUT2D eigenvalue weighted by atomic mass is 9.97. The minimum atomic E-state index is 0.825. The number of allylic oxidation sites excluding steroid dienone is 2. The van der Waals surface area contributed by atoms with Gasteiger partial charge < -0.3 is 0 Å². The molecule has 0 N–H and O–H groups in total. The van der Waals surface area contributed by atoms with Crippen LogP contribution in [0.25, 0.3) is 5.57 Å². The fourth-order valence-electron chi connectivity index (χ4n) is 1.42. The summed E-state index contributed by atoms with van der Waals surface area (Å²) in [7, 11) is 0. The van der Waals surface area contributed by atoms with Crippen LogP contribution in [0.2, 0.25) is 0 Å². The maximum atomic E-state index is 9.10. The minimum absolute atomic E-state index is 0.825. The van der Waals surface area contributed by atoms with Crippen LogP contribution in [0.3, 0.4) is 0 Å². The number of benzene rings is 1. The van der Waals surface area contributed by atoms with E-state index in [-0.39, 0.29) is 0 Å². The normalized spacial score (nSPS) is 11.9. The van der Waals surface area contributed by atoms with E-state index in [4.69, 9.17) is 5.26 Å². The second-order valence-corrected chi connectivity index (χ2v) is 3.44. The minimum Gasteiger partial charge on any atom is -0.192 e. The molecule has 0 aliphatic rings. The maximum Gasteiger partial charge on any atom is 0.0997 e. The van der Waals surface area contributed by atoms with Crippen molar-refractivity contribution in [2.45, 2.75) is 27.2 Å². The number of aryl methyl sites for hydroxylation is 1. The fraction of sp³-hybridized carbons (Fsp3) is 0.308. The van der Waals surface area contributed by atoms with Gasteiger partial charge in [-0.1, -0.05) is 36.8 Å². The standard InChI is InChI=1S/C13H15N/c1-4-10(2)13(9-14)12-8-6-5-7-11(12)3/h5-8H,4H2,1-3H3. The van der Waals surface area contributed by atoms with Crippen LogP contribution >= 0.6 is 0 Å². The van der Waals surface area contributed by atoms with Crippen molar-refractivity contribution in [2.75, 3.05) is 0 Å². The molecule has 1 heteroatoms. The van der Waals surface area contributed by atoms with E-state index in [0.717, 1.165) is 28.7 Å². The summed E-state index contributed by atoms with van der Waals surface area (Å²) in [6.07, 6.45) is 0.928. The molecule has 0 amide bonds. The number of hydrogen-bond donors (Lipinski definition) is 0. The third kappa shape index (κ3) is 2.03. The Morgan fingerprint density at radius 3 is 2.50 bits per heavy atom. The van der Waals surface area contributed by atoms with Gasteiger partial charge in [0.05, 0.1) is 11.6 Å². The average Bonchev–Trinajstić information content (AvgIpc) is 2.21. The van der Waals surface area contributed by atoms with Gasteiger partial charge in [-0.25, -0.2) is 0 Å². The first-order chi connectivity index (χ1) is 6.70. The summed E-state index contributed by atoms with van der Waals surface area (Å²) in [5.41, 5.74) is 4.21. The first kappa shape index (κ1) is 10.5. The zero-order chi connectivity index (χ0) is 10.6. The van der Waals surface area contributed by atoms with Gasteiger partial charge >= 0.3 is 0 Å². The molecule has 1 nitrogen and oxygen atoms in total. The topological polar surface area (TPSA) is 23.8 Å². The highest BCUT2D eigenvalue weighted by Gasteiger charge is 2.05. The van der Waals surface area contributed by atoms with Gasteiger partial charge in [-0.15, -0.1) is 0 Å². The van der Waals surface area contributed by atoms with Crippen molar-refractivity contribution in [3.63, 3.8) is 0 Å². The van der Waals surface area contributed by atoms with Crippen LogP contribution < -0.4 is 0 Å². The SMILES string of the molecule is CCC(C)=C(C#N)c1ccccc1C. The van der Waals surface area contributed by atoms with E-state index in [1.165, 1.54) is 0 Å². The van der Waals surface area contributed by atoms with Crippen LogP contribution in [0.5, 0.6) is 0 Å². The van der Waals surface area contributed by atoms with Gasteiger partial charge in [0.25, 0.3) is 0 Å². The van der Waals surface area contributed by atoms with Crippen LogP contribution in [0.1, 0.15) is 31.4 Å². The van der Waals surface area contributed by atoms with Crippen molar-refractivity contribution in [1.82, 2.24) is 0 Å². The molecule has 0 saturated carbocycles. The van der Waals surface area contributed by atoms with Crippen molar-refractivity contribution < 1.29 is 0 Å². The summed E-state index contributed by atoms with van der Waals surface area (Å²) in [6, 6.07) is 10.3. The molecular weight excluding hydrogens is 170 g/mol. The number of hydrogen-bond acceptors (Lipinski definition) is 1. The van der Waals surface area contributed by atoms with Gasteiger partial charge in [0, 0.05) is 0 Å². The predicted octanol–water partition coefficient (Wildman–Crippen LogP) is 3.70. The Morgan fingerprint density at radius 2 is 2.00 bits per heavy atom. The lowest BCUT2D eigenvalue weighted by molar-refractivity contribution is 1.10. The van der Waals surface area contributed by atoms with Gasteiger partial charge in [0.2, 0.25) is 0 Å². The summed E-state index contributed by atoms with van der Waals surface area (Å²) in [4.78, 5) is 0. The highest BCUT2D eigenvalue weighted by atomic mass is 14.3.